The molecule has 0 fully saturated rings. The quantitative estimate of drug-likeness (QED) is 0.755. The van der Waals surface area contributed by atoms with Crippen LogP contribution in [0.15, 0.2) is 18.2 Å². The SMILES string of the molecule is CCC(CC)N(CCOC)c1ccc(C)c(N)c1. The second-order valence-corrected chi connectivity index (χ2v) is 4.70. The van der Waals surface area contributed by atoms with Crippen molar-refractivity contribution >= 4 is 11.4 Å². The largest absolute Gasteiger partial charge is 0.398 e. The summed E-state index contributed by atoms with van der Waals surface area (Å²) in [5.74, 6) is 0. The van der Waals surface area contributed by atoms with Crippen molar-refractivity contribution in [1.82, 2.24) is 0 Å². The van der Waals surface area contributed by atoms with Crippen molar-refractivity contribution in [2.45, 2.75) is 39.7 Å². The predicted molar refractivity (Wildman–Crippen MR) is 79.2 cm³/mol. The lowest BCUT2D eigenvalue weighted by Crippen LogP contribution is -2.37. The molecule has 0 aliphatic rings. The summed E-state index contributed by atoms with van der Waals surface area (Å²) < 4.78 is 5.21. The molecule has 0 heterocycles. The van der Waals surface area contributed by atoms with Crippen molar-refractivity contribution in [3.8, 4) is 0 Å². The van der Waals surface area contributed by atoms with E-state index in [1.165, 1.54) is 5.69 Å². The van der Waals surface area contributed by atoms with E-state index in [1.807, 2.05) is 6.92 Å². The molecule has 0 amide bonds. The molecule has 0 spiro atoms. The summed E-state index contributed by atoms with van der Waals surface area (Å²) in [6.07, 6.45) is 2.27. The standard InChI is InChI=1S/C15H26N2O/c1-5-13(6-2)17(9-10-18-4)14-8-7-12(3)15(16)11-14/h7-8,11,13H,5-6,9-10,16H2,1-4H3. The molecule has 0 saturated heterocycles. The molecule has 0 radical (unpaired) electrons. The van der Waals surface area contributed by atoms with Gasteiger partial charge in [0.05, 0.1) is 6.61 Å². The van der Waals surface area contributed by atoms with Crippen LogP contribution in [-0.4, -0.2) is 26.3 Å². The molecule has 0 atom stereocenters. The summed E-state index contributed by atoms with van der Waals surface area (Å²) in [5, 5.41) is 0. The van der Waals surface area contributed by atoms with Crippen LogP contribution in [0.1, 0.15) is 32.3 Å². The Morgan fingerprint density at radius 2 is 1.94 bits per heavy atom. The van der Waals surface area contributed by atoms with E-state index in [2.05, 4.69) is 36.9 Å². The van der Waals surface area contributed by atoms with E-state index in [9.17, 15) is 0 Å². The van der Waals surface area contributed by atoms with Crippen LogP contribution >= 0.6 is 0 Å². The molecule has 0 aromatic heterocycles. The molecular weight excluding hydrogens is 224 g/mol. The average molecular weight is 250 g/mol. The van der Waals surface area contributed by atoms with Gasteiger partial charge in [-0.3, -0.25) is 0 Å². The van der Waals surface area contributed by atoms with Gasteiger partial charge in [-0.05, 0) is 37.5 Å². The van der Waals surface area contributed by atoms with Crippen molar-refractivity contribution in [3.05, 3.63) is 23.8 Å². The van der Waals surface area contributed by atoms with Gasteiger partial charge >= 0.3 is 0 Å². The van der Waals surface area contributed by atoms with Gasteiger partial charge < -0.3 is 15.4 Å². The summed E-state index contributed by atoms with van der Waals surface area (Å²) in [5.41, 5.74) is 9.21. The number of hydrogen-bond donors (Lipinski definition) is 1. The maximum absolute atomic E-state index is 6.01. The number of nitrogen functional groups attached to an aromatic ring is 1. The molecule has 102 valence electrons. The van der Waals surface area contributed by atoms with Crippen LogP contribution < -0.4 is 10.6 Å². The van der Waals surface area contributed by atoms with Gasteiger partial charge in [0.15, 0.2) is 0 Å². The summed E-state index contributed by atoms with van der Waals surface area (Å²) in [6, 6.07) is 6.86. The monoisotopic (exact) mass is 250 g/mol. The van der Waals surface area contributed by atoms with Crippen LogP contribution in [0.4, 0.5) is 11.4 Å². The second kappa shape index (κ2) is 7.27. The third kappa shape index (κ3) is 3.64. The van der Waals surface area contributed by atoms with E-state index in [1.54, 1.807) is 7.11 Å². The van der Waals surface area contributed by atoms with E-state index in [0.717, 1.165) is 37.2 Å². The molecule has 3 nitrogen and oxygen atoms in total. The Bertz CT molecular complexity index is 362. The Balaban J connectivity index is 2.96. The highest BCUT2D eigenvalue weighted by Crippen LogP contribution is 2.24. The molecule has 0 aliphatic heterocycles. The van der Waals surface area contributed by atoms with Gasteiger partial charge in [0.25, 0.3) is 0 Å². The fourth-order valence-corrected chi connectivity index (χ4v) is 2.25. The summed E-state index contributed by atoms with van der Waals surface area (Å²) in [4.78, 5) is 2.40. The van der Waals surface area contributed by atoms with Crippen molar-refractivity contribution in [2.24, 2.45) is 0 Å². The first kappa shape index (κ1) is 14.8. The normalized spacial score (nSPS) is 10.9. The summed E-state index contributed by atoms with van der Waals surface area (Å²) in [6.45, 7) is 8.14. The number of benzene rings is 1. The fourth-order valence-electron chi connectivity index (χ4n) is 2.25. The molecule has 1 rings (SSSR count). The predicted octanol–water partition coefficient (Wildman–Crippen LogP) is 3.22. The lowest BCUT2D eigenvalue weighted by Gasteiger charge is -2.33. The first-order chi connectivity index (χ1) is 8.63. The lowest BCUT2D eigenvalue weighted by molar-refractivity contribution is 0.202. The Labute approximate surface area is 111 Å². The summed E-state index contributed by atoms with van der Waals surface area (Å²) in [7, 11) is 1.74. The van der Waals surface area contributed by atoms with E-state index >= 15 is 0 Å². The first-order valence-electron chi connectivity index (χ1n) is 6.75. The number of ether oxygens (including phenoxy) is 1. The minimum Gasteiger partial charge on any atom is -0.398 e. The number of aryl methyl sites for hydroxylation is 1. The summed E-state index contributed by atoms with van der Waals surface area (Å²) >= 11 is 0. The van der Waals surface area contributed by atoms with Crippen LogP contribution in [0, 0.1) is 6.92 Å². The van der Waals surface area contributed by atoms with Crippen molar-refractivity contribution in [2.75, 3.05) is 30.9 Å². The van der Waals surface area contributed by atoms with Gasteiger partial charge in [0.1, 0.15) is 0 Å². The molecule has 1 aromatic carbocycles. The maximum atomic E-state index is 6.01. The topological polar surface area (TPSA) is 38.5 Å². The molecule has 0 saturated carbocycles. The van der Waals surface area contributed by atoms with Gasteiger partial charge in [-0.25, -0.2) is 0 Å². The molecular formula is C15H26N2O. The Morgan fingerprint density at radius 1 is 1.28 bits per heavy atom. The number of nitrogens with zero attached hydrogens (tertiary/aromatic N) is 1. The molecule has 0 bridgehead atoms. The molecule has 2 N–H and O–H groups in total. The number of rotatable bonds is 7. The van der Waals surface area contributed by atoms with E-state index in [0.29, 0.717) is 6.04 Å². The minimum atomic E-state index is 0.544. The van der Waals surface area contributed by atoms with E-state index in [-0.39, 0.29) is 0 Å². The molecule has 3 heteroatoms. The molecule has 18 heavy (non-hydrogen) atoms. The van der Waals surface area contributed by atoms with E-state index < -0.39 is 0 Å². The highest BCUT2D eigenvalue weighted by atomic mass is 16.5. The fraction of sp³-hybridized carbons (Fsp3) is 0.600. The average Bonchev–Trinajstić information content (AvgIpc) is 2.38. The zero-order valence-corrected chi connectivity index (χ0v) is 12.1. The van der Waals surface area contributed by atoms with Crippen LogP contribution in [0.3, 0.4) is 0 Å². The Hall–Kier alpha value is -1.22. The van der Waals surface area contributed by atoms with Crippen molar-refractivity contribution in [1.29, 1.82) is 0 Å². The van der Waals surface area contributed by atoms with Gasteiger partial charge in [-0.2, -0.15) is 0 Å². The zero-order chi connectivity index (χ0) is 13.5. The number of nitrogens with two attached hydrogens (primary N) is 1. The van der Waals surface area contributed by atoms with Crippen molar-refractivity contribution < 1.29 is 4.74 Å². The number of anilines is 2. The van der Waals surface area contributed by atoms with Crippen molar-refractivity contribution in [3.63, 3.8) is 0 Å². The maximum Gasteiger partial charge on any atom is 0.0637 e. The van der Waals surface area contributed by atoms with Gasteiger partial charge in [-0.1, -0.05) is 19.9 Å². The lowest BCUT2D eigenvalue weighted by atomic mass is 10.1. The Morgan fingerprint density at radius 3 is 2.44 bits per heavy atom. The molecule has 0 unspecified atom stereocenters. The van der Waals surface area contributed by atoms with Gasteiger partial charge in [0, 0.05) is 31.1 Å². The number of methoxy groups -OCH3 is 1. The number of hydrogen-bond acceptors (Lipinski definition) is 3. The molecule has 0 aliphatic carbocycles. The minimum absolute atomic E-state index is 0.544. The van der Waals surface area contributed by atoms with Crippen LogP contribution in [0.2, 0.25) is 0 Å². The van der Waals surface area contributed by atoms with E-state index in [4.69, 9.17) is 10.5 Å². The highest BCUT2D eigenvalue weighted by molar-refractivity contribution is 5.60. The second-order valence-electron chi connectivity index (χ2n) is 4.70. The van der Waals surface area contributed by atoms with Crippen LogP contribution in [0.25, 0.3) is 0 Å². The van der Waals surface area contributed by atoms with Gasteiger partial charge in [0.2, 0.25) is 0 Å². The zero-order valence-electron chi connectivity index (χ0n) is 12.1. The smallest absolute Gasteiger partial charge is 0.0637 e. The first-order valence-corrected chi connectivity index (χ1v) is 6.75. The third-order valence-electron chi connectivity index (χ3n) is 3.51. The van der Waals surface area contributed by atoms with Gasteiger partial charge in [-0.15, -0.1) is 0 Å². The van der Waals surface area contributed by atoms with Crippen LogP contribution in [-0.2, 0) is 4.74 Å². The van der Waals surface area contributed by atoms with Crippen LogP contribution in [0.5, 0.6) is 0 Å². The highest BCUT2D eigenvalue weighted by Gasteiger charge is 2.15. The third-order valence-corrected chi connectivity index (χ3v) is 3.51. The molecule has 1 aromatic rings. The Kier molecular flexibility index (Phi) is 5.99.